The monoisotopic (exact) mass is 393 g/mol. The number of anilines is 1. The number of piperidine rings is 1. The van der Waals surface area contributed by atoms with Crippen molar-refractivity contribution >= 4 is 11.6 Å². The highest BCUT2D eigenvalue weighted by molar-refractivity contribution is 5.81. The molecule has 1 N–H and O–H groups in total. The molecule has 5 nitrogen and oxygen atoms in total. The minimum atomic E-state index is -4.60. The lowest BCUT2D eigenvalue weighted by molar-refractivity contribution is -0.138. The molecule has 2 atom stereocenters. The van der Waals surface area contributed by atoms with Gasteiger partial charge in [0.05, 0.1) is 23.8 Å². The van der Waals surface area contributed by atoms with Crippen LogP contribution in [0.2, 0.25) is 0 Å². The van der Waals surface area contributed by atoms with Crippen LogP contribution in [0.4, 0.5) is 18.9 Å². The number of carbonyl (C=O) groups excluding carboxylic acids is 1. The van der Waals surface area contributed by atoms with Crippen molar-refractivity contribution in [3.63, 3.8) is 0 Å². The molecule has 1 aromatic rings. The first-order valence-corrected chi connectivity index (χ1v) is 9.53. The van der Waals surface area contributed by atoms with Gasteiger partial charge in [-0.25, -0.2) is 0 Å². The molecule has 3 fully saturated rings. The van der Waals surface area contributed by atoms with Crippen LogP contribution in [0.25, 0.3) is 0 Å². The van der Waals surface area contributed by atoms with E-state index in [1.165, 1.54) is 12.1 Å². The summed E-state index contributed by atoms with van der Waals surface area (Å²) < 4.78 is 39.9. The molecular formula is C20H22F3N3O2. The van der Waals surface area contributed by atoms with E-state index in [0.717, 1.165) is 25.3 Å². The van der Waals surface area contributed by atoms with Crippen LogP contribution in [0.5, 0.6) is 0 Å². The molecule has 0 bridgehead atoms. The van der Waals surface area contributed by atoms with Crippen molar-refractivity contribution < 1.29 is 23.1 Å². The van der Waals surface area contributed by atoms with Crippen molar-refractivity contribution in [1.29, 1.82) is 5.26 Å². The fourth-order valence-electron chi connectivity index (χ4n) is 4.64. The number of hydrogen-bond acceptors (Lipinski definition) is 4. The van der Waals surface area contributed by atoms with E-state index < -0.39 is 22.7 Å². The minimum Gasteiger partial charge on any atom is -0.396 e. The fraction of sp³-hybridized carbons (Fsp3) is 0.600. The Balaban J connectivity index is 1.59. The summed E-state index contributed by atoms with van der Waals surface area (Å²) in [5.41, 5.74) is -1.46. The van der Waals surface area contributed by atoms with Crippen LogP contribution in [0, 0.1) is 28.6 Å². The molecule has 28 heavy (non-hydrogen) atoms. The highest BCUT2D eigenvalue weighted by atomic mass is 19.4. The van der Waals surface area contributed by atoms with Gasteiger partial charge in [-0.3, -0.25) is 4.79 Å². The molecule has 0 spiro atoms. The lowest BCUT2D eigenvalue weighted by Gasteiger charge is -2.43. The maximum Gasteiger partial charge on any atom is 0.417 e. The van der Waals surface area contributed by atoms with Gasteiger partial charge in [0.15, 0.2) is 0 Å². The number of alkyl halides is 3. The molecule has 4 rings (SSSR count). The standard InChI is InChI=1S/C20H22F3N3O2/c21-20(22,23)17-7-16(4-3-14(17)8-24)26-9-15-5-6-25(18(28)13-1-2-13)10-19(15,11-26)12-27/h3-4,7,13,15,27H,1-2,5-6,9-12H2/t15-,19+/m0/s1. The molecule has 8 heteroatoms. The molecular weight excluding hydrogens is 371 g/mol. The topological polar surface area (TPSA) is 67.6 Å². The van der Waals surface area contributed by atoms with Crippen LogP contribution in [0.15, 0.2) is 18.2 Å². The zero-order chi connectivity index (χ0) is 20.1. The number of aliphatic hydroxyl groups is 1. The van der Waals surface area contributed by atoms with E-state index in [1.807, 2.05) is 9.80 Å². The van der Waals surface area contributed by atoms with Gasteiger partial charge in [0.25, 0.3) is 0 Å². The Morgan fingerprint density at radius 2 is 2.04 bits per heavy atom. The van der Waals surface area contributed by atoms with Crippen molar-refractivity contribution in [2.45, 2.75) is 25.4 Å². The number of nitrogens with zero attached hydrogens (tertiary/aromatic N) is 3. The lowest BCUT2D eigenvalue weighted by Crippen LogP contribution is -2.53. The van der Waals surface area contributed by atoms with Gasteiger partial charge >= 0.3 is 6.18 Å². The van der Waals surface area contributed by atoms with Crippen LogP contribution in [-0.4, -0.2) is 48.7 Å². The first kappa shape index (κ1) is 19.1. The summed E-state index contributed by atoms with van der Waals surface area (Å²) in [6, 6.07) is 5.36. The van der Waals surface area contributed by atoms with E-state index >= 15 is 0 Å². The van der Waals surface area contributed by atoms with E-state index in [4.69, 9.17) is 5.26 Å². The van der Waals surface area contributed by atoms with Gasteiger partial charge < -0.3 is 14.9 Å². The highest BCUT2D eigenvalue weighted by Gasteiger charge is 2.51. The zero-order valence-electron chi connectivity index (χ0n) is 15.4. The second kappa shape index (κ2) is 6.66. The number of benzene rings is 1. The third kappa shape index (κ3) is 3.22. The molecule has 150 valence electrons. The van der Waals surface area contributed by atoms with Crippen LogP contribution in [-0.2, 0) is 11.0 Å². The Bertz CT molecular complexity index is 831. The van der Waals surface area contributed by atoms with E-state index in [1.54, 1.807) is 6.07 Å². The molecule has 2 saturated heterocycles. The maximum absolute atomic E-state index is 13.3. The van der Waals surface area contributed by atoms with Gasteiger partial charge in [0, 0.05) is 43.2 Å². The third-order valence-corrected chi connectivity index (χ3v) is 6.41. The number of nitriles is 1. The van der Waals surface area contributed by atoms with Crippen molar-refractivity contribution in [3.05, 3.63) is 29.3 Å². The number of hydrogen-bond donors (Lipinski definition) is 1. The average Bonchev–Trinajstić information content (AvgIpc) is 3.45. The minimum absolute atomic E-state index is 0.106. The Hall–Kier alpha value is -2.27. The van der Waals surface area contributed by atoms with Gasteiger partial charge in [-0.1, -0.05) is 0 Å². The highest BCUT2D eigenvalue weighted by Crippen LogP contribution is 2.45. The van der Waals surface area contributed by atoms with Crippen molar-refractivity contribution in [2.24, 2.45) is 17.3 Å². The summed E-state index contributed by atoms with van der Waals surface area (Å²) >= 11 is 0. The molecule has 3 aliphatic rings. The number of amides is 1. The smallest absolute Gasteiger partial charge is 0.396 e. The van der Waals surface area contributed by atoms with Crippen LogP contribution in [0.3, 0.4) is 0 Å². The quantitative estimate of drug-likeness (QED) is 0.857. The Morgan fingerprint density at radius 3 is 2.64 bits per heavy atom. The van der Waals surface area contributed by atoms with Gasteiger partial charge in [0.1, 0.15) is 0 Å². The first-order chi connectivity index (χ1) is 13.3. The largest absolute Gasteiger partial charge is 0.417 e. The van der Waals surface area contributed by atoms with E-state index in [2.05, 4.69) is 0 Å². The summed E-state index contributed by atoms with van der Waals surface area (Å²) in [5, 5.41) is 19.1. The Kier molecular flexibility index (Phi) is 4.53. The number of fused-ring (bicyclic) bond motifs is 1. The van der Waals surface area contributed by atoms with E-state index in [0.29, 0.717) is 31.9 Å². The van der Waals surface area contributed by atoms with Crippen LogP contribution in [0.1, 0.15) is 30.4 Å². The molecule has 1 aromatic carbocycles. The van der Waals surface area contributed by atoms with Gasteiger partial charge in [-0.2, -0.15) is 18.4 Å². The van der Waals surface area contributed by atoms with Gasteiger partial charge in [-0.15, -0.1) is 0 Å². The predicted molar refractivity (Wildman–Crippen MR) is 95.3 cm³/mol. The van der Waals surface area contributed by atoms with E-state index in [9.17, 15) is 23.1 Å². The zero-order valence-corrected chi connectivity index (χ0v) is 15.4. The fourth-order valence-corrected chi connectivity index (χ4v) is 4.64. The predicted octanol–water partition coefficient (Wildman–Crippen LogP) is 2.63. The Morgan fingerprint density at radius 1 is 1.29 bits per heavy atom. The summed E-state index contributed by atoms with van der Waals surface area (Å²) in [5.74, 6) is 0.367. The maximum atomic E-state index is 13.3. The molecule has 0 aromatic heterocycles. The molecule has 1 aliphatic carbocycles. The van der Waals surface area contributed by atoms with E-state index in [-0.39, 0.29) is 24.3 Å². The third-order valence-electron chi connectivity index (χ3n) is 6.41. The molecule has 2 heterocycles. The molecule has 0 unspecified atom stereocenters. The number of halogens is 3. The summed E-state index contributed by atoms with van der Waals surface area (Å²) in [6.07, 6.45) is -2.03. The number of likely N-dealkylation sites (tertiary alicyclic amines) is 1. The number of carbonyl (C=O) groups is 1. The van der Waals surface area contributed by atoms with Crippen molar-refractivity contribution in [3.8, 4) is 6.07 Å². The molecule has 0 radical (unpaired) electrons. The average molecular weight is 393 g/mol. The summed E-state index contributed by atoms with van der Waals surface area (Å²) in [4.78, 5) is 16.1. The molecule has 1 saturated carbocycles. The van der Waals surface area contributed by atoms with Crippen molar-refractivity contribution in [2.75, 3.05) is 37.7 Å². The lowest BCUT2D eigenvalue weighted by atomic mass is 9.74. The first-order valence-electron chi connectivity index (χ1n) is 9.53. The number of rotatable bonds is 3. The van der Waals surface area contributed by atoms with Crippen LogP contribution < -0.4 is 4.90 Å². The second-order valence-electron chi connectivity index (χ2n) is 8.26. The summed E-state index contributed by atoms with van der Waals surface area (Å²) in [6.45, 7) is 1.91. The normalized spacial score (nSPS) is 27.5. The number of aliphatic hydroxyl groups excluding tert-OH is 1. The summed E-state index contributed by atoms with van der Waals surface area (Å²) in [7, 11) is 0. The second-order valence-corrected chi connectivity index (χ2v) is 8.26. The molecule has 2 aliphatic heterocycles. The SMILES string of the molecule is N#Cc1ccc(N2C[C@@H]3CCN(C(=O)C4CC4)C[C@]3(CO)C2)cc1C(F)(F)F. The van der Waals surface area contributed by atoms with Crippen molar-refractivity contribution in [1.82, 2.24) is 4.90 Å². The molecule has 1 amide bonds. The Labute approximate surface area is 161 Å². The van der Waals surface area contributed by atoms with Gasteiger partial charge in [-0.05, 0) is 43.4 Å². The van der Waals surface area contributed by atoms with Gasteiger partial charge in [0.2, 0.25) is 5.91 Å². The van der Waals surface area contributed by atoms with Crippen LogP contribution >= 0.6 is 0 Å².